The largest absolute Gasteiger partial charge is 0.478 e. The molecular formula is C22H32O3. The van der Waals surface area contributed by atoms with Gasteiger partial charge in [-0.05, 0) is 56.6 Å². The van der Waals surface area contributed by atoms with Crippen molar-refractivity contribution in [1.82, 2.24) is 0 Å². The normalized spacial score (nSPS) is 14.2. The Morgan fingerprint density at radius 2 is 1.84 bits per heavy atom. The molecule has 3 heteroatoms. The Balaban J connectivity index is 2.64. The van der Waals surface area contributed by atoms with Crippen LogP contribution >= 0.6 is 0 Å². The van der Waals surface area contributed by atoms with Crippen LogP contribution in [0.3, 0.4) is 0 Å². The summed E-state index contributed by atoms with van der Waals surface area (Å²) in [6, 6.07) is 7.36. The lowest BCUT2D eigenvalue weighted by atomic mass is 9.87. The summed E-state index contributed by atoms with van der Waals surface area (Å²) < 4.78 is 0. The average molecular weight is 344 g/mol. The molecule has 2 atom stereocenters. The van der Waals surface area contributed by atoms with Crippen LogP contribution in [0.4, 0.5) is 0 Å². The van der Waals surface area contributed by atoms with Gasteiger partial charge in [0.05, 0.1) is 11.7 Å². The van der Waals surface area contributed by atoms with E-state index in [0.29, 0.717) is 5.56 Å². The SMILES string of the molecule is CCCCC(C/C=C\C=C\CCCC(C)O)c1ccccc1C(=O)O. The maximum absolute atomic E-state index is 11.5. The van der Waals surface area contributed by atoms with Crippen LogP contribution in [0.2, 0.25) is 0 Å². The summed E-state index contributed by atoms with van der Waals surface area (Å²) in [5.41, 5.74) is 1.36. The van der Waals surface area contributed by atoms with Crippen molar-refractivity contribution >= 4 is 5.97 Å². The van der Waals surface area contributed by atoms with Gasteiger partial charge in [-0.25, -0.2) is 4.79 Å². The van der Waals surface area contributed by atoms with Crippen molar-refractivity contribution in [3.63, 3.8) is 0 Å². The van der Waals surface area contributed by atoms with Gasteiger partial charge in [-0.1, -0.05) is 62.3 Å². The maximum atomic E-state index is 11.5. The van der Waals surface area contributed by atoms with Crippen molar-refractivity contribution in [2.45, 2.75) is 70.8 Å². The molecule has 2 unspecified atom stereocenters. The lowest BCUT2D eigenvalue weighted by molar-refractivity contribution is 0.0695. The van der Waals surface area contributed by atoms with E-state index in [-0.39, 0.29) is 12.0 Å². The fraction of sp³-hybridized carbons (Fsp3) is 0.500. The van der Waals surface area contributed by atoms with Crippen LogP contribution < -0.4 is 0 Å². The standard InChI is InChI=1S/C22H32O3/c1-3-4-14-19(20-16-11-12-17-21(20)22(24)25)15-10-8-6-5-7-9-13-18(2)23/h5-6,8,10-12,16-19,23H,3-4,7,9,13-15H2,1-2H3,(H,24,25)/b6-5+,10-8-. The molecule has 0 saturated carbocycles. The van der Waals surface area contributed by atoms with Crippen LogP contribution in [0, 0.1) is 0 Å². The number of aliphatic hydroxyl groups excluding tert-OH is 1. The summed E-state index contributed by atoms with van der Waals surface area (Å²) in [5.74, 6) is -0.605. The predicted octanol–water partition coefficient (Wildman–Crippen LogP) is 5.71. The second kappa shape index (κ2) is 12.5. The molecule has 3 nitrogen and oxygen atoms in total. The third-order valence-corrected chi connectivity index (χ3v) is 4.33. The number of aromatic carboxylic acids is 1. The first kappa shape index (κ1) is 21.2. The van der Waals surface area contributed by atoms with E-state index in [4.69, 9.17) is 0 Å². The zero-order valence-corrected chi connectivity index (χ0v) is 15.5. The fourth-order valence-electron chi connectivity index (χ4n) is 2.93. The van der Waals surface area contributed by atoms with Gasteiger partial charge in [-0.2, -0.15) is 0 Å². The van der Waals surface area contributed by atoms with E-state index in [9.17, 15) is 15.0 Å². The van der Waals surface area contributed by atoms with E-state index in [1.165, 1.54) is 0 Å². The van der Waals surface area contributed by atoms with E-state index in [2.05, 4.69) is 19.1 Å². The molecule has 0 radical (unpaired) electrons. The van der Waals surface area contributed by atoms with E-state index in [1.807, 2.05) is 31.2 Å². The summed E-state index contributed by atoms with van der Waals surface area (Å²) in [7, 11) is 0. The van der Waals surface area contributed by atoms with Gasteiger partial charge in [0.25, 0.3) is 0 Å². The molecule has 0 heterocycles. The van der Waals surface area contributed by atoms with Crippen LogP contribution in [0.25, 0.3) is 0 Å². The van der Waals surface area contributed by atoms with Crippen molar-refractivity contribution in [3.05, 3.63) is 59.7 Å². The molecule has 0 aliphatic carbocycles. The Labute approximate surface area is 152 Å². The number of allylic oxidation sites excluding steroid dienone is 4. The Hall–Kier alpha value is -1.87. The number of hydrogen-bond acceptors (Lipinski definition) is 2. The molecule has 0 saturated heterocycles. The molecule has 0 bridgehead atoms. The van der Waals surface area contributed by atoms with Crippen molar-refractivity contribution in [3.8, 4) is 0 Å². The summed E-state index contributed by atoms with van der Waals surface area (Å²) in [5, 5.41) is 18.6. The molecule has 25 heavy (non-hydrogen) atoms. The van der Waals surface area contributed by atoms with Crippen molar-refractivity contribution in [2.24, 2.45) is 0 Å². The zero-order valence-electron chi connectivity index (χ0n) is 15.5. The highest BCUT2D eigenvalue weighted by molar-refractivity contribution is 5.89. The van der Waals surface area contributed by atoms with Gasteiger partial charge >= 0.3 is 5.97 Å². The van der Waals surface area contributed by atoms with Crippen LogP contribution in [0.5, 0.6) is 0 Å². The molecule has 0 aliphatic heterocycles. The minimum absolute atomic E-state index is 0.224. The first-order valence-electron chi connectivity index (χ1n) is 9.38. The third-order valence-electron chi connectivity index (χ3n) is 4.33. The minimum Gasteiger partial charge on any atom is -0.478 e. The molecule has 0 fully saturated rings. The first-order valence-corrected chi connectivity index (χ1v) is 9.38. The van der Waals surface area contributed by atoms with Crippen molar-refractivity contribution < 1.29 is 15.0 Å². The lowest BCUT2D eigenvalue weighted by Gasteiger charge is -2.17. The summed E-state index contributed by atoms with van der Waals surface area (Å²) in [6.45, 7) is 3.97. The number of rotatable bonds is 12. The Bertz CT molecular complexity index is 558. The molecule has 1 aromatic rings. The number of carboxylic acid groups (broad SMARTS) is 1. The third kappa shape index (κ3) is 8.69. The highest BCUT2D eigenvalue weighted by Gasteiger charge is 2.17. The number of carboxylic acids is 1. The van der Waals surface area contributed by atoms with E-state index < -0.39 is 5.97 Å². The van der Waals surface area contributed by atoms with E-state index in [1.54, 1.807) is 12.1 Å². The van der Waals surface area contributed by atoms with E-state index in [0.717, 1.165) is 50.5 Å². The number of benzene rings is 1. The second-order valence-corrected chi connectivity index (χ2v) is 6.60. The van der Waals surface area contributed by atoms with Crippen LogP contribution in [0.15, 0.2) is 48.6 Å². The van der Waals surface area contributed by atoms with E-state index >= 15 is 0 Å². The number of aliphatic hydroxyl groups is 1. The fourth-order valence-corrected chi connectivity index (χ4v) is 2.93. The molecule has 1 rings (SSSR count). The van der Waals surface area contributed by atoms with Gasteiger partial charge in [-0.3, -0.25) is 0 Å². The topological polar surface area (TPSA) is 57.5 Å². The molecule has 2 N–H and O–H groups in total. The van der Waals surface area contributed by atoms with Gasteiger partial charge in [-0.15, -0.1) is 0 Å². The average Bonchev–Trinajstić information content (AvgIpc) is 2.59. The van der Waals surface area contributed by atoms with Gasteiger partial charge in [0.2, 0.25) is 0 Å². The van der Waals surface area contributed by atoms with Crippen LogP contribution in [0.1, 0.15) is 80.6 Å². The summed E-state index contributed by atoms with van der Waals surface area (Å²) in [4.78, 5) is 11.5. The van der Waals surface area contributed by atoms with Crippen molar-refractivity contribution in [1.29, 1.82) is 0 Å². The minimum atomic E-state index is -0.848. The molecule has 0 aliphatic rings. The van der Waals surface area contributed by atoms with Gasteiger partial charge in [0, 0.05) is 0 Å². The molecule has 0 amide bonds. The summed E-state index contributed by atoms with van der Waals surface area (Å²) in [6.07, 6.45) is 15.0. The van der Waals surface area contributed by atoms with Crippen LogP contribution in [-0.4, -0.2) is 22.3 Å². The quantitative estimate of drug-likeness (QED) is 0.377. The molecule has 0 aromatic heterocycles. The molecular weight excluding hydrogens is 312 g/mol. The number of carbonyl (C=O) groups is 1. The molecule has 138 valence electrons. The monoisotopic (exact) mass is 344 g/mol. The molecule has 0 spiro atoms. The Kier molecular flexibility index (Phi) is 10.6. The van der Waals surface area contributed by atoms with Gasteiger partial charge in [0.1, 0.15) is 0 Å². The van der Waals surface area contributed by atoms with Gasteiger partial charge < -0.3 is 10.2 Å². The second-order valence-electron chi connectivity index (χ2n) is 6.60. The number of hydrogen-bond donors (Lipinski definition) is 2. The Morgan fingerprint density at radius 1 is 1.12 bits per heavy atom. The first-order chi connectivity index (χ1) is 12.1. The highest BCUT2D eigenvalue weighted by Crippen LogP contribution is 2.29. The van der Waals surface area contributed by atoms with Crippen molar-refractivity contribution in [2.75, 3.05) is 0 Å². The number of unbranched alkanes of at least 4 members (excludes halogenated alkanes) is 2. The lowest BCUT2D eigenvalue weighted by Crippen LogP contribution is -2.07. The van der Waals surface area contributed by atoms with Gasteiger partial charge in [0.15, 0.2) is 0 Å². The predicted molar refractivity (Wildman–Crippen MR) is 104 cm³/mol. The molecule has 1 aromatic carbocycles. The summed E-state index contributed by atoms with van der Waals surface area (Å²) >= 11 is 0. The smallest absolute Gasteiger partial charge is 0.335 e. The zero-order chi connectivity index (χ0) is 18.5. The van der Waals surface area contributed by atoms with Crippen LogP contribution in [-0.2, 0) is 0 Å². The Morgan fingerprint density at radius 3 is 2.52 bits per heavy atom. The highest BCUT2D eigenvalue weighted by atomic mass is 16.4. The maximum Gasteiger partial charge on any atom is 0.335 e.